The SMILES string of the molecule is COC(OC)c1ccccc1C=C=C(C)C1=CCCCC1. The Hall–Kier alpha value is -1.60. The summed E-state index contributed by atoms with van der Waals surface area (Å²) in [5, 5.41) is 0. The van der Waals surface area contributed by atoms with Gasteiger partial charge in [0.1, 0.15) is 0 Å². The zero-order valence-electron chi connectivity index (χ0n) is 13.2. The van der Waals surface area contributed by atoms with Gasteiger partial charge in [-0.2, -0.15) is 0 Å². The minimum atomic E-state index is -0.339. The van der Waals surface area contributed by atoms with Gasteiger partial charge in [0, 0.05) is 19.8 Å². The fraction of sp³-hybridized carbons (Fsp3) is 0.421. The molecule has 0 unspecified atom stereocenters. The van der Waals surface area contributed by atoms with Gasteiger partial charge in [0.2, 0.25) is 0 Å². The fourth-order valence-corrected chi connectivity index (χ4v) is 2.66. The van der Waals surface area contributed by atoms with Crippen molar-refractivity contribution in [2.24, 2.45) is 0 Å². The molecule has 0 saturated heterocycles. The summed E-state index contributed by atoms with van der Waals surface area (Å²) in [5.41, 5.74) is 8.21. The highest BCUT2D eigenvalue weighted by Gasteiger charge is 2.11. The van der Waals surface area contributed by atoms with Gasteiger partial charge in [0.05, 0.1) is 0 Å². The van der Waals surface area contributed by atoms with Gasteiger partial charge in [-0.15, -0.1) is 5.73 Å². The van der Waals surface area contributed by atoms with E-state index in [4.69, 9.17) is 9.47 Å². The molecule has 0 N–H and O–H groups in total. The molecule has 2 nitrogen and oxygen atoms in total. The van der Waals surface area contributed by atoms with Crippen molar-refractivity contribution in [3.63, 3.8) is 0 Å². The summed E-state index contributed by atoms with van der Waals surface area (Å²) >= 11 is 0. The van der Waals surface area contributed by atoms with Gasteiger partial charge >= 0.3 is 0 Å². The van der Waals surface area contributed by atoms with Crippen LogP contribution in [0.25, 0.3) is 6.08 Å². The lowest BCUT2D eigenvalue weighted by atomic mass is 9.94. The lowest BCUT2D eigenvalue weighted by Gasteiger charge is -2.15. The Morgan fingerprint density at radius 1 is 1.19 bits per heavy atom. The molecule has 0 bridgehead atoms. The van der Waals surface area contributed by atoms with Crippen molar-refractivity contribution >= 4 is 6.08 Å². The van der Waals surface area contributed by atoms with Gasteiger partial charge in [-0.3, -0.25) is 0 Å². The highest BCUT2D eigenvalue weighted by molar-refractivity contribution is 5.55. The average Bonchev–Trinajstić information content (AvgIpc) is 2.55. The van der Waals surface area contributed by atoms with E-state index >= 15 is 0 Å². The summed E-state index contributed by atoms with van der Waals surface area (Å²) in [4.78, 5) is 0. The van der Waals surface area contributed by atoms with Gasteiger partial charge in [-0.25, -0.2) is 0 Å². The Bertz CT molecular complexity index is 559. The molecule has 0 aromatic heterocycles. The number of methoxy groups -OCH3 is 2. The third-order valence-corrected chi connectivity index (χ3v) is 3.89. The van der Waals surface area contributed by atoms with E-state index in [1.54, 1.807) is 14.2 Å². The molecule has 2 rings (SSSR count). The van der Waals surface area contributed by atoms with Crippen molar-refractivity contribution in [3.8, 4) is 0 Å². The standard InChI is InChI=1S/C19H24O2/c1-15(16-9-5-4-6-10-16)13-14-17-11-7-8-12-18(17)19(20-2)21-3/h7-9,11-12,14,19H,4-6,10H2,1-3H3. The van der Waals surface area contributed by atoms with Crippen molar-refractivity contribution in [1.82, 2.24) is 0 Å². The minimum absolute atomic E-state index is 0.339. The monoisotopic (exact) mass is 284 g/mol. The van der Waals surface area contributed by atoms with Crippen LogP contribution in [-0.4, -0.2) is 14.2 Å². The number of benzene rings is 1. The van der Waals surface area contributed by atoms with E-state index in [-0.39, 0.29) is 6.29 Å². The number of hydrogen-bond donors (Lipinski definition) is 0. The molecule has 21 heavy (non-hydrogen) atoms. The highest BCUT2D eigenvalue weighted by atomic mass is 16.7. The normalized spacial score (nSPS) is 14.6. The second-order valence-corrected chi connectivity index (χ2v) is 5.32. The molecule has 1 aliphatic carbocycles. The molecule has 2 heteroatoms. The molecule has 1 aliphatic rings. The van der Waals surface area contributed by atoms with Crippen LogP contribution in [0.5, 0.6) is 0 Å². The summed E-state index contributed by atoms with van der Waals surface area (Å²) in [6, 6.07) is 8.11. The molecule has 112 valence electrons. The Morgan fingerprint density at radius 3 is 2.62 bits per heavy atom. The Kier molecular flexibility index (Phi) is 6.01. The second-order valence-electron chi connectivity index (χ2n) is 5.32. The van der Waals surface area contributed by atoms with Crippen LogP contribution in [0.15, 0.2) is 47.2 Å². The lowest BCUT2D eigenvalue weighted by Crippen LogP contribution is -2.05. The first-order valence-corrected chi connectivity index (χ1v) is 7.53. The average molecular weight is 284 g/mol. The summed E-state index contributed by atoms with van der Waals surface area (Å²) in [6.45, 7) is 2.14. The number of hydrogen-bond acceptors (Lipinski definition) is 2. The van der Waals surface area contributed by atoms with E-state index in [1.165, 1.54) is 36.8 Å². The third kappa shape index (κ3) is 4.18. The van der Waals surface area contributed by atoms with Crippen LogP contribution in [0.3, 0.4) is 0 Å². The van der Waals surface area contributed by atoms with Gasteiger partial charge in [0.25, 0.3) is 0 Å². The van der Waals surface area contributed by atoms with Crippen LogP contribution in [0, 0.1) is 0 Å². The van der Waals surface area contributed by atoms with E-state index in [1.807, 2.05) is 24.3 Å². The molecule has 0 atom stereocenters. The summed E-state index contributed by atoms with van der Waals surface area (Å²) < 4.78 is 10.7. The molecule has 0 radical (unpaired) electrons. The Balaban J connectivity index is 2.30. The summed E-state index contributed by atoms with van der Waals surface area (Å²) in [6.07, 6.45) is 9.01. The smallest absolute Gasteiger partial charge is 0.183 e. The van der Waals surface area contributed by atoms with Crippen molar-refractivity contribution in [1.29, 1.82) is 0 Å². The van der Waals surface area contributed by atoms with Gasteiger partial charge in [0.15, 0.2) is 6.29 Å². The van der Waals surface area contributed by atoms with E-state index < -0.39 is 0 Å². The van der Waals surface area contributed by atoms with Crippen LogP contribution < -0.4 is 0 Å². The van der Waals surface area contributed by atoms with Gasteiger partial charge < -0.3 is 9.47 Å². The molecule has 1 aromatic rings. The van der Waals surface area contributed by atoms with Gasteiger partial charge in [-0.1, -0.05) is 30.3 Å². The molecule has 0 amide bonds. The lowest BCUT2D eigenvalue weighted by molar-refractivity contribution is -0.106. The van der Waals surface area contributed by atoms with Crippen LogP contribution in [0.2, 0.25) is 0 Å². The van der Waals surface area contributed by atoms with Crippen molar-refractivity contribution in [3.05, 3.63) is 58.3 Å². The van der Waals surface area contributed by atoms with Crippen molar-refractivity contribution in [2.75, 3.05) is 14.2 Å². The number of ether oxygens (including phenoxy) is 2. The Morgan fingerprint density at radius 2 is 1.95 bits per heavy atom. The largest absolute Gasteiger partial charge is 0.352 e. The van der Waals surface area contributed by atoms with Crippen molar-refractivity contribution in [2.45, 2.75) is 38.9 Å². The first-order chi connectivity index (χ1) is 10.3. The molecule has 0 heterocycles. The summed E-state index contributed by atoms with van der Waals surface area (Å²) in [5.74, 6) is 0. The quantitative estimate of drug-likeness (QED) is 0.557. The van der Waals surface area contributed by atoms with Crippen molar-refractivity contribution < 1.29 is 9.47 Å². The zero-order valence-corrected chi connectivity index (χ0v) is 13.2. The zero-order chi connectivity index (χ0) is 15.1. The Labute approximate surface area is 127 Å². The predicted molar refractivity (Wildman–Crippen MR) is 86.9 cm³/mol. The molecule has 0 aliphatic heterocycles. The number of rotatable bonds is 5. The van der Waals surface area contributed by atoms with Gasteiger partial charge in [-0.05, 0) is 55.4 Å². The first kappa shape index (κ1) is 15.8. The maximum atomic E-state index is 5.36. The number of allylic oxidation sites excluding steroid dienone is 3. The third-order valence-electron chi connectivity index (χ3n) is 3.89. The van der Waals surface area contributed by atoms with E-state index in [2.05, 4.69) is 24.8 Å². The van der Waals surface area contributed by atoms with Crippen LogP contribution in [0.4, 0.5) is 0 Å². The molecule has 0 saturated carbocycles. The van der Waals surface area contributed by atoms with Crippen LogP contribution in [-0.2, 0) is 9.47 Å². The second kappa shape index (κ2) is 7.99. The van der Waals surface area contributed by atoms with Crippen LogP contribution >= 0.6 is 0 Å². The maximum absolute atomic E-state index is 5.36. The maximum Gasteiger partial charge on any atom is 0.183 e. The highest BCUT2D eigenvalue weighted by Crippen LogP contribution is 2.25. The predicted octanol–water partition coefficient (Wildman–Crippen LogP) is 5.04. The molecule has 0 spiro atoms. The summed E-state index contributed by atoms with van der Waals surface area (Å²) in [7, 11) is 3.31. The molecular formula is C19H24O2. The fourth-order valence-electron chi connectivity index (χ4n) is 2.66. The molecule has 1 aromatic carbocycles. The topological polar surface area (TPSA) is 18.5 Å². The van der Waals surface area contributed by atoms with E-state index in [9.17, 15) is 0 Å². The van der Waals surface area contributed by atoms with Crippen LogP contribution in [0.1, 0.15) is 50.0 Å². The molecular weight excluding hydrogens is 260 g/mol. The minimum Gasteiger partial charge on any atom is -0.352 e. The first-order valence-electron chi connectivity index (χ1n) is 7.53. The van der Waals surface area contributed by atoms with E-state index in [0.29, 0.717) is 0 Å². The van der Waals surface area contributed by atoms with E-state index in [0.717, 1.165) is 11.1 Å². The molecule has 0 fully saturated rings.